The van der Waals surface area contributed by atoms with Crippen LogP contribution in [0.15, 0.2) is 48.5 Å². The zero-order chi connectivity index (χ0) is 17.1. The number of aromatic amines is 1. The van der Waals surface area contributed by atoms with Gasteiger partial charge in [-0.3, -0.25) is 4.79 Å². The van der Waals surface area contributed by atoms with Crippen LogP contribution in [0.25, 0.3) is 22.4 Å². The molecule has 7 nitrogen and oxygen atoms in total. The van der Waals surface area contributed by atoms with Crippen LogP contribution in [-0.4, -0.2) is 32.4 Å². The maximum absolute atomic E-state index is 11.5. The van der Waals surface area contributed by atoms with Crippen molar-refractivity contribution in [2.45, 2.75) is 6.92 Å². The first-order valence-electron chi connectivity index (χ1n) is 7.17. The lowest BCUT2D eigenvalue weighted by Crippen LogP contribution is -2.08. The minimum Gasteiger partial charge on any atom is -0.476 e. The van der Waals surface area contributed by atoms with Crippen LogP contribution in [0.2, 0.25) is 0 Å². The Morgan fingerprint density at radius 1 is 1.04 bits per heavy atom. The Hall–Kier alpha value is -3.48. The van der Waals surface area contributed by atoms with Gasteiger partial charge in [0, 0.05) is 12.5 Å². The van der Waals surface area contributed by atoms with E-state index in [0.29, 0.717) is 11.3 Å². The fourth-order valence-corrected chi connectivity index (χ4v) is 2.42. The average molecular weight is 322 g/mol. The molecule has 0 bridgehead atoms. The van der Waals surface area contributed by atoms with Gasteiger partial charge in [-0.25, -0.2) is 4.79 Å². The minimum atomic E-state index is -1.19. The van der Waals surface area contributed by atoms with E-state index in [1.54, 1.807) is 12.1 Å². The Morgan fingerprint density at radius 2 is 1.79 bits per heavy atom. The Balaban J connectivity index is 2.14. The third-order valence-electron chi connectivity index (χ3n) is 3.44. The van der Waals surface area contributed by atoms with Gasteiger partial charge in [0.1, 0.15) is 5.69 Å². The molecule has 2 aromatic carbocycles. The van der Waals surface area contributed by atoms with Crippen molar-refractivity contribution in [1.29, 1.82) is 0 Å². The molecule has 0 aliphatic heterocycles. The standard InChI is InChI=1S/C17H14N4O3/c1-10(22)18-14-9-12(11-5-3-2-4-6-11)7-8-13(14)15-16(17(23)24)20-21-19-15/h2-9H,1H3,(H,18,22)(H,23,24)(H,19,20,21). The third kappa shape index (κ3) is 3.00. The number of nitrogens with one attached hydrogen (secondary N) is 2. The molecule has 24 heavy (non-hydrogen) atoms. The predicted octanol–water partition coefficient (Wildman–Crippen LogP) is 2.80. The fourth-order valence-electron chi connectivity index (χ4n) is 2.42. The molecule has 1 aromatic heterocycles. The number of carboxylic acids is 1. The summed E-state index contributed by atoms with van der Waals surface area (Å²) >= 11 is 0. The largest absolute Gasteiger partial charge is 0.476 e. The molecule has 3 aromatic rings. The fraction of sp³-hybridized carbons (Fsp3) is 0.0588. The molecule has 0 spiro atoms. The molecule has 0 saturated heterocycles. The van der Waals surface area contributed by atoms with Crippen molar-refractivity contribution in [3.63, 3.8) is 0 Å². The van der Waals surface area contributed by atoms with Gasteiger partial charge in [-0.15, -0.1) is 5.10 Å². The number of amides is 1. The summed E-state index contributed by atoms with van der Waals surface area (Å²) in [5, 5.41) is 21.8. The number of carbonyl (C=O) groups excluding carboxylic acids is 1. The molecule has 7 heteroatoms. The summed E-state index contributed by atoms with van der Waals surface area (Å²) in [6.45, 7) is 1.39. The Morgan fingerprint density at radius 3 is 2.46 bits per heavy atom. The van der Waals surface area contributed by atoms with Crippen molar-refractivity contribution in [2.24, 2.45) is 0 Å². The van der Waals surface area contributed by atoms with Crippen LogP contribution in [-0.2, 0) is 4.79 Å². The van der Waals surface area contributed by atoms with Gasteiger partial charge < -0.3 is 10.4 Å². The minimum absolute atomic E-state index is 0.172. The van der Waals surface area contributed by atoms with Crippen LogP contribution in [0.1, 0.15) is 17.4 Å². The first kappa shape index (κ1) is 15.4. The number of carboxylic acid groups (broad SMARTS) is 1. The van der Waals surface area contributed by atoms with Crippen molar-refractivity contribution in [3.8, 4) is 22.4 Å². The van der Waals surface area contributed by atoms with Gasteiger partial charge in [0.2, 0.25) is 5.91 Å². The van der Waals surface area contributed by atoms with E-state index in [0.717, 1.165) is 11.1 Å². The Kier molecular flexibility index (Phi) is 4.07. The summed E-state index contributed by atoms with van der Waals surface area (Å²) in [6, 6.07) is 15.0. The zero-order valence-corrected chi connectivity index (χ0v) is 12.8. The highest BCUT2D eigenvalue weighted by atomic mass is 16.4. The summed E-state index contributed by atoms with van der Waals surface area (Å²) in [5.74, 6) is -1.46. The molecule has 120 valence electrons. The van der Waals surface area contributed by atoms with E-state index in [1.807, 2.05) is 36.4 Å². The van der Waals surface area contributed by atoms with Crippen LogP contribution in [0.5, 0.6) is 0 Å². The number of anilines is 1. The summed E-state index contributed by atoms with van der Waals surface area (Å²) in [7, 11) is 0. The van der Waals surface area contributed by atoms with Gasteiger partial charge in [0.15, 0.2) is 5.69 Å². The van der Waals surface area contributed by atoms with E-state index >= 15 is 0 Å². The average Bonchev–Trinajstić information content (AvgIpc) is 3.05. The van der Waals surface area contributed by atoms with Gasteiger partial charge >= 0.3 is 5.97 Å². The molecule has 1 amide bonds. The van der Waals surface area contributed by atoms with E-state index in [1.165, 1.54) is 6.92 Å². The number of rotatable bonds is 4. The molecule has 0 fully saturated rings. The molecule has 0 aliphatic rings. The maximum atomic E-state index is 11.5. The van der Waals surface area contributed by atoms with Gasteiger partial charge in [-0.05, 0) is 23.3 Å². The van der Waals surface area contributed by atoms with Crippen molar-refractivity contribution in [1.82, 2.24) is 15.4 Å². The highest BCUT2D eigenvalue weighted by Crippen LogP contribution is 2.32. The third-order valence-corrected chi connectivity index (χ3v) is 3.44. The van der Waals surface area contributed by atoms with Gasteiger partial charge in [0.25, 0.3) is 0 Å². The van der Waals surface area contributed by atoms with E-state index in [-0.39, 0.29) is 17.3 Å². The highest BCUT2D eigenvalue weighted by Gasteiger charge is 2.20. The van der Waals surface area contributed by atoms with Crippen molar-refractivity contribution < 1.29 is 14.7 Å². The molecular formula is C17H14N4O3. The second kappa shape index (κ2) is 6.33. The van der Waals surface area contributed by atoms with Crippen molar-refractivity contribution in [3.05, 3.63) is 54.2 Å². The molecule has 0 atom stereocenters. The van der Waals surface area contributed by atoms with Gasteiger partial charge in [-0.2, -0.15) is 10.3 Å². The molecule has 0 radical (unpaired) electrons. The second-order valence-corrected chi connectivity index (χ2v) is 5.13. The van der Waals surface area contributed by atoms with E-state index in [9.17, 15) is 14.7 Å². The first-order chi connectivity index (χ1) is 11.6. The SMILES string of the molecule is CC(=O)Nc1cc(-c2ccccc2)ccc1-c1n[nH]nc1C(=O)O. The van der Waals surface area contributed by atoms with Crippen molar-refractivity contribution in [2.75, 3.05) is 5.32 Å². The molecule has 0 unspecified atom stereocenters. The second-order valence-electron chi connectivity index (χ2n) is 5.13. The van der Waals surface area contributed by atoms with E-state index in [4.69, 9.17) is 0 Å². The van der Waals surface area contributed by atoms with Crippen LogP contribution in [0.4, 0.5) is 5.69 Å². The molecule has 0 saturated carbocycles. The number of hydrogen-bond donors (Lipinski definition) is 3. The predicted molar refractivity (Wildman–Crippen MR) is 88.5 cm³/mol. The van der Waals surface area contributed by atoms with Crippen LogP contribution < -0.4 is 5.32 Å². The maximum Gasteiger partial charge on any atom is 0.358 e. The highest BCUT2D eigenvalue weighted by molar-refractivity contribution is 5.99. The lowest BCUT2D eigenvalue weighted by Gasteiger charge is -2.11. The Labute approximate surface area is 137 Å². The lowest BCUT2D eigenvalue weighted by atomic mass is 10.00. The lowest BCUT2D eigenvalue weighted by molar-refractivity contribution is -0.114. The molecule has 1 heterocycles. The van der Waals surface area contributed by atoms with Crippen LogP contribution in [0, 0.1) is 0 Å². The summed E-state index contributed by atoms with van der Waals surface area (Å²) in [6.07, 6.45) is 0. The number of carbonyl (C=O) groups is 2. The van der Waals surface area contributed by atoms with Gasteiger partial charge in [0.05, 0.1) is 5.69 Å². The number of hydrogen-bond acceptors (Lipinski definition) is 4. The molecule has 0 aliphatic carbocycles. The van der Waals surface area contributed by atoms with E-state index < -0.39 is 5.97 Å². The number of benzene rings is 2. The monoisotopic (exact) mass is 322 g/mol. The first-order valence-corrected chi connectivity index (χ1v) is 7.17. The quantitative estimate of drug-likeness (QED) is 0.684. The number of H-pyrrole nitrogens is 1. The smallest absolute Gasteiger partial charge is 0.358 e. The summed E-state index contributed by atoms with van der Waals surface area (Å²) in [5.41, 5.74) is 2.80. The molecule has 3 N–H and O–H groups in total. The molecular weight excluding hydrogens is 308 g/mol. The normalized spacial score (nSPS) is 10.4. The summed E-state index contributed by atoms with van der Waals surface area (Å²) < 4.78 is 0. The number of nitrogens with zero attached hydrogens (tertiary/aromatic N) is 2. The topological polar surface area (TPSA) is 108 Å². The van der Waals surface area contributed by atoms with Crippen molar-refractivity contribution >= 4 is 17.6 Å². The summed E-state index contributed by atoms with van der Waals surface area (Å²) in [4.78, 5) is 22.8. The van der Waals surface area contributed by atoms with E-state index in [2.05, 4.69) is 20.7 Å². The van der Waals surface area contributed by atoms with Crippen LogP contribution >= 0.6 is 0 Å². The number of aromatic nitrogens is 3. The van der Waals surface area contributed by atoms with Crippen LogP contribution in [0.3, 0.4) is 0 Å². The number of aromatic carboxylic acids is 1. The zero-order valence-electron chi connectivity index (χ0n) is 12.8. The Bertz CT molecular complexity index is 903. The molecule has 3 rings (SSSR count). The van der Waals surface area contributed by atoms with Gasteiger partial charge in [-0.1, -0.05) is 36.4 Å².